The molecule has 1 aliphatic rings. The van der Waals surface area contributed by atoms with Crippen LogP contribution < -0.4 is 20.1 Å². The van der Waals surface area contributed by atoms with Crippen LogP contribution in [0.15, 0.2) is 30.3 Å². The summed E-state index contributed by atoms with van der Waals surface area (Å²) in [6, 6.07) is 9.48. The Balaban J connectivity index is 1.57. The predicted molar refractivity (Wildman–Crippen MR) is 119 cm³/mol. The molecule has 7 heteroatoms. The number of hydrogen-bond donors (Lipinski definition) is 2. The summed E-state index contributed by atoms with van der Waals surface area (Å²) in [5, 5.41) is 6.22. The van der Waals surface area contributed by atoms with Gasteiger partial charge in [0.05, 0.1) is 20.6 Å². The lowest BCUT2D eigenvalue weighted by molar-refractivity contribution is -0.121. The molecule has 166 valence electrons. The van der Waals surface area contributed by atoms with Gasteiger partial charge in [-0.2, -0.15) is 4.98 Å². The number of aromatic nitrogens is 1. The van der Waals surface area contributed by atoms with Crippen LogP contribution in [0.25, 0.3) is 0 Å². The lowest BCUT2D eigenvalue weighted by atomic mass is 9.90. The predicted octanol–water partition coefficient (Wildman–Crippen LogP) is 3.12. The van der Waals surface area contributed by atoms with Crippen molar-refractivity contribution in [3.8, 4) is 11.8 Å². The second-order valence-electron chi connectivity index (χ2n) is 8.12. The van der Waals surface area contributed by atoms with Gasteiger partial charge in [0, 0.05) is 18.2 Å². The highest BCUT2D eigenvalue weighted by Crippen LogP contribution is 2.23. The maximum absolute atomic E-state index is 12.8. The second kappa shape index (κ2) is 10.3. The molecule has 0 spiro atoms. The molecule has 1 saturated carbocycles. The number of amides is 2. The number of methoxy groups -OCH3 is 2. The molecule has 1 fully saturated rings. The van der Waals surface area contributed by atoms with Crippen molar-refractivity contribution in [3.63, 3.8) is 0 Å². The highest BCUT2D eigenvalue weighted by molar-refractivity contribution is 5.96. The van der Waals surface area contributed by atoms with Gasteiger partial charge in [-0.1, -0.05) is 23.8 Å². The topological polar surface area (TPSA) is 89.6 Å². The van der Waals surface area contributed by atoms with Gasteiger partial charge >= 0.3 is 0 Å². The maximum atomic E-state index is 12.8. The highest BCUT2D eigenvalue weighted by Gasteiger charge is 2.26. The number of nitrogens with zero attached hydrogens (tertiary/aromatic N) is 1. The van der Waals surface area contributed by atoms with Crippen LogP contribution in [-0.4, -0.2) is 43.1 Å². The van der Waals surface area contributed by atoms with Crippen LogP contribution in [-0.2, 0) is 11.2 Å². The molecule has 31 heavy (non-hydrogen) atoms. The van der Waals surface area contributed by atoms with Crippen molar-refractivity contribution >= 4 is 11.8 Å². The van der Waals surface area contributed by atoms with Crippen LogP contribution in [0.4, 0.5) is 0 Å². The van der Waals surface area contributed by atoms with Crippen molar-refractivity contribution in [3.05, 3.63) is 52.6 Å². The average Bonchev–Trinajstić information content (AvgIpc) is 2.75. The van der Waals surface area contributed by atoms with Crippen molar-refractivity contribution in [2.75, 3.05) is 14.2 Å². The van der Waals surface area contributed by atoms with E-state index < -0.39 is 0 Å². The normalized spacial score (nSPS) is 18.2. The third-order valence-corrected chi connectivity index (χ3v) is 5.71. The Morgan fingerprint density at radius 3 is 2.48 bits per heavy atom. The number of ether oxygens (including phenoxy) is 2. The fraction of sp³-hybridized carbons (Fsp3) is 0.458. The third-order valence-electron chi connectivity index (χ3n) is 5.71. The number of nitrogens with one attached hydrogen (secondary N) is 2. The molecule has 2 N–H and O–H groups in total. The van der Waals surface area contributed by atoms with Crippen molar-refractivity contribution in [1.82, 2.24) is 15.6 Å². The molecule has 3 rings (SSSR count). The number of carbonyl (C=O) groups excluding carboxylic acids is 2. The summed E-state index contributed by atoms with van der Waals surface area (Å²) >= 11 is 0. The number of aryl methyl sites for hydroxylation is 2. The Kier molecular flexibility index (Phi) is 7.50. The van der Waals surface area contributed by atoms with E-state index in [1.54, 1.807) is 12.1 Å². The zero-order chi connectivity index (χ0) is 22.4. The zero-order valence-electron chi connectivity index (χ0n) is 18.7. The number of carbonyl (C=O) groups is 2. The standard InChI is InChI=1S/C24H31N3O4/c1-15-8-9-16(2)17(12-15)13-21(28)25-18-6-5-7-19(14-18)26-23(29)20-10-11-22(30-3)27-24(20)31-4/h8-12,18-19H,5-7,13-14H2,1-4H3,(H,25,28)(H,26,29)/t18-,19-/m1/s1. The average molecular weight is 426 g/mol. The van der Waals surface area contributed by atoms with Crippen molar-refractivity contribution in [1.29, 1.82) is 0 Å². The lowest BCUT2D eigenvalue weighted by Gasteiger charge is -2.30. The van der Waals surface area contributed by atoms with Crippen LogP contribution >= 0.6 is 0 Å². The van der Waals surface area contributed by atoms with Crippen LogP contribution in [0.3, 0.4) is 0 Å². The molecular formula is C24H31N3O4. The zero-order valence-corrected chi connectivity index (χ0v) is 18.7. The molecule has 2 atom stereocenters. The van der Waals surface area contributed by atoms with Crippen molar-refractivity contribution in [2.24, 2.45) is 0 Å². The fourth-order valence-corrected chi connectivity index (χ4v) is 4.02. The quantitative estimate of drug-likeness (QED) is 0.712. The van der Waals surface area contributed by atoms with Crippen molar-refractivity contribution < 1.29 is 19.1 Å². The molecule has 1 heterocycles. The molecule has 2 aromatic rings. The summed E-state index contributed by atoms with van der Waals surface area (Å²) in [6.07, 6.45) is 3.81. The van der Waals surface area contributed by atoms with Gasteiger partial charge in [-0.05, 0) is 56.7 Å². The molecule has 0 saturated heterocycles. The van der Waals surface area contributed by atoms with E-state index >= 15 is 0 Å². The number of benzene rings is 1. The van der Waals surface area contributed by atoms with Gasteiger partial charge in [0.1, 0.15) is 5.56 Å². The van der Waals surface area contributed by atoms with E-state index in [-0.39, 0.29) is 29.8 Å². The largest absolute Gasteiger partial charge is 0.481 e. The van der Waals surface area contributed by atoms with E-state index in [0.29, 0.717) is 24.3 Å². The van der Waals surface area contributed by atoms with E-state index in [0.717, 1.165) is 36.0 Å². The molecule has 7 nitrogen and oxygen atoms in total. The summed E-state index contributed by atoms with van der Waals surface area (Å²) < 4.78 is 10.3. The Hall–Kier alpha value is -3.09. The molecule has 1 aromatic heterocycles. The minimum Gasteiger partial charge on any atom is -0.481 e. The smallest absolute Gasteiger partial charge is 0.256 e. The van der Waals surface area contributed by atoms with E-state index in [4.69, 9.17) is 9.47 Å². The van der Waals surface area contributed by atoms with Gasteiger partial charge in [-0.25, -0.2) is 0 Å². The Labute approximate surface area is 183 Å². The summed E-state index contributed by atoms with van der Waals surface area (Å²) in [5.41, 5.74) is 3.69. The minimum atomic E-state index is -0.237. The van der Waals surface area contributed by atoms with Crippen LogP contribution in [0.5, 0.6) is 11.8 Å². The van der Waals surface area contributed by atoms with E-state index in [2.05, 4.69) is 27.8 Å². The molecule has 0 radical (unpaired) electrons. The van der Waals surface area contributed by atoms with E-state index in [1.165, 1.54) is 14.2 Å². The van der Waals surface area contributed by atoms with Crippen molar-refractivity contribution in [2.45, 2.75) is 58.0 Å². The molecule has 1 aromatic carbocycles. The summed E-state index contributed by atoms with van der Waals surface area (Å²) in [6.45, 7) is 4.05. The van der Waals surface area contributed by atoms with Gasteiger partial charge in [-0.15, -0.1) is 0 Å². The van der Waals surface area contributed by atoms with Gasteiger partial charge in [0.2, 0.25) is 17.7 Å². The summed E-state index contributed by atoms with van der Waals surface area (Å²) in [5.74, 6) is 0.398. The minimum absolute atomic E-state index is 0.0148. The second-order valence-corrected chi connectivity index (χ2v) is 8.12. The molecule has 1 aliphatic carbocycles. The van der Waals surface area contributed by atoms with E-state index in [1.807, 2.05) is 19.9 Å². The first-order valence-electron chi connectivity index (χ1n) is 10.6. The molecule has 0 unspecified atom stereocenters. The summed E-state index contributed by atoms with van der Waals surface area (Å²) in [4.78, 5) is 29.5. The third kappa shape index (κ3) is 5.96. The highest BCUT2D eigenvalue weighted by atomic mass is 16.5. The molecular weight excluding hydrogens is 394 g/mol. The lowest BCUT2D eigenvalue weighted by Crippen LogP contribution is -2.46. The summed E-state index contributed by atoms with van der Waals surface area (Å²) in [7, 11) is 2.99. The van der Waals surface area contributed by atoms with Gasteiger partial charge in [0.25, 0.3) is 5.91 Å². The number of rotatable bonds is 7. The molecule has 0 bridgehead atoms. The first-order valence-corrected chi connectivity index (χ1v) is 10.6. The monoisotopic (exact) mass is 425 g/mol. The SMILES string of the molecule is COc1ccc(C(=O)N[C@@H]2CCC[C@@H](NC(=O)Cc3cc(C)ccc3C)C2)c(OC)n1. The Morgan fingerprint density at radius 1 is 1.03 bits per heavy atom. The number of hydrogen-bond acceptors (Lipinski definition) is 5. The Morgan fingerprint density at radius 2 is 1.77 bits per heavy atom. The molecule has 0 aliphatic heterocycles. The van der Waals surface area contributed by atoms with Gasteiger partial charge in [0.15, 0.2) is 0 Å². The van der Waals surface area contributed by atoms with E-state index in [9.17, 15) is 9.59 Å². The fourth-order valence-electron chi connectivity index (χ4n) is 4.02. The van der Waals surface area contributed by atoms with Crippen LogP contribution in [0.1, 0.15) is 52.7 Å². The van der Waals surface area contributed by atoms with Gasteiger partial charge < -0.3 is 20.1 Å². The van der Waals surface area contributed by atoms with Gasteiger partial charge in [-0.3, -0.25) is 9.59 Å². The Bertz CT molecular complexity index is 944. The number of pyridine rings is 1. The van der Waals surface area contributed by atoms with Crippen LogP contribution in [0, 0.1) is 13.8 Å². The maximum Gasteiger partial charge on any atom is 0.256 e. The first kappa shape index (κ1) is 22.6. The first-order chi connectivity index (χ1) is 14.9. The molecule has 2 amide bonds. The van der Waals surface area contributed by atoms with Crippen LogP contribution in [0.2, 0.25) is 0 Å².